The van der Waals surface area contributed by atoms with Crippen molar-refractivity contribution in [2.24, 2.45) is 0 Å². The lowest BCUT2D eigenvalue weighted by atomic mass is 10.3. The first kappa shape index (κ1) is 18.3. The molecule has 138 valence electrons. The van der Waals surface area contributed by atoms with E-state index in [2.05, 4.69) is 20.6 Å². The molecule has 0 fully saturated rings. The van der Waals surface area contributed by atoms with E-state index in [-0.39, 0.29) is 11.6 Å². The van der Waals surface area contributed by atoms with Crippen molar-refractivity contribution >= 4 is 17.5 Å². The molecule has 7 heteroatoms. The molecular weight excluding hydrogens is 344 g/mol. The fraction of sp³-hybridized carbons (Fsp3) is 0.150. The molecule has 0 unspecified atom stereocenters. The van der Waals surface area contributed by atoms with E-state index in [1.165, 1.54) is 6.20 Å². The second-order valence-electron chi connectivity index (χ2n) is 5.58. The molecule has 7 nitrogen and oxygen atoms in total. The van der Waals surface area contributed by atoms with Crippen molar-refractivity contribution in [2.45, 2.75) is 0 Å². The van der Waals surface area contributed by atoms with E-state index in [9.17, 15) is 4.79 Å². The number of amides is 1. The topological polar surface area (TPSA) is 85.4 Å². The van der Waals surface area contributed by atoms with Gasteiger partial charge in [-0.15, -0.1) is 0 Å². The minimum atomic E-state index is -0.316. The van der Waals surface area contributed by atoms with Crippen molar-refractivity contribution in [3.8, 4) is 11.5 Å². The third kappa shape index (κ3) is 5.52. The highest BCUT2D eigenvalue weighted by atomic mass is 16.5. The van der Waals surface area contributed by atoms with Gasteiger partial charge in [0.1, 0.15) is 17.2 Å². The number of hydrogen-bond acceptors (Lipinski definition) is 6. The van der Waals surface area contributed by atoms with E-state index in [0.29, 0.717) is 30.5 Å². The number of rotatable bonds is 8. The van der Waals surface area contributed by atoms with E-state index < -0.39 is 0 Å². The molecule has 27 heavy (non-hydrogen) atoms. The van der Waals surface area contributed by atoms with Gasteiger partial charge in [0.05, 0.1) is 6.61 Å². The predicted octanol–water partition coefficient (Wildman–Crippen LogP) is 3.58. The Bertz CT molecular complexity index is 870. The van der Waals surface area contributed by atoms with Crippen LogP contribution in [0.25, 0.3) is 0 Å². The van der Waals surface area contributed by atoms with Crippen LogP contribution in [-0.2, 0) is 4.74 Å². The summed E-state index contributed by atoms with van der Waals surface area (Å²) in [7, 11) is 1.61. The highest BCUT2D eigenvalue weighted by Gasteiger charge is 2.09. The zero-order valence-electron chi connectivity index (χ0n) is 14.9. The molecular formula is C20H20N4O3. The van der Waals surface area contributed by atoms with Gasteiger partial charge in [0.25, 0.3) is 5.91 Å². The van der Waals surface area contributed by atoms with Crippen LogP contribution in [-0.4, -0.2) is 36.1 Å². The maximum atomic E-state index is 12.4. The van der Waals surface area contributed by atoms with Crippen molar-refractivity contribution in [3.63, 3.8) is 0 Å². The molecule has 0 bridgehead atoms. The number of methoxy groups -OCH3 is 1. The molecule has 1 aromatic heterocycles. The monoisotopic (exact) mass is 364 g/mol. The molecule has 3 rings (SSSR count). The Morgan fingerprint density at radius 3 is 2.48 bits per heavy atom. The lowest BCUT2D eigenvalue weighted by Crippen LogP contribution is -2.16. The minimum Gasteiger partial charge on any atom is -0.457 e. The zero-order valence-corrected chi connectivity index (χ0v) is 14.9. The minimum absolute atomic E-state index is 0.273. The van der Waals surface area contributed by atoms with Gasteiger partial charge in [-0.3, -0.25) is 4.79 Å². The van der Waals surface area contributed by atoms with Crippen LogP contribution in [0.15, 0.2) is 66.9 Å². The maximum Gasteiger partial charge on any atom is 0.274 e. The fourth-order valence-electron chi connectivity index (χ4n) is 2.26. The Balaban J connectivity index is 1.60. The summed E-state index contributed by atoms with van der Waals surface area (Å²) in [5.74, 6) is 1.50. The van der Waals surface area contributed by atoms with Gasteiger partial charge < -0.3 is 20.1 Å². The number of hydrogen-bond donors (Lipinski definition) is 2. The highest BCUT2D eigenvalue weighted by Crippen LogP contribution is 2.22. The van der Waals surface area contributed by atoms with Crippen molar-refractivity contribution in [1.29, 1.82) is 0 Å². The summed E-state index contributed by atoms with van der Waals surface area (Å²) in [6.07, 6.45) is 1.54. The molecule has 0 atom stereocenters. The second-order valence-corrected chi connectivity index (χ2v) is 5.58. The van der Waals surface area contributed by atoms with Gasteiger partial charge in [-0.05, 0) is 42.5 Å². The Morgan fingerprint density at radius 2 is 1.74 bits per heavy atom. The average molecular weight is 364 g/mol. The van der Waals surface area contributed by atoms with E-state index in [0.717, 1.165) is 5.75 Å². The van der Waals surface area contributed by atoms with Crippen LogP contribution in [0, 0.1) is 0 Å². The van der Waals surface area contributed by atoms with Gasteiger partial charge in [-0.1, -0.05) is 18.2 Å². The van der Waals surface area contributed by atoms with E-state index >= 15 is 0 Å². The van der Waals surface area contributed by atoms with Gasteiger partial charge in [-0.2, -0.15) is 0 Å². The van der Waals surface area contributed by atoms with E-state index in [4.69, 9.17) is 9.47 Å². The van der Waals surface area contributed by atoms with Crippen LogP contribution < -0.4 is 15.4 Å². The van der Waals surface area contributed by atoms with Gasteiger partial charge >= 0.3 is 0 Å². The fourth-order valence-corrected chi connectivity index (χ4v) is 2.26. The van der Waals surface area contributed by atoms with Gasteiger partial charge in [0, 0.05) is 25.5 Å². The predicted molar refractivity (Wildman–Crippen MR) is 103 cm³/mol. The molecule has 2 aromatic carbocycles. The standard InChI is InChI=1S/C20H20N4O3/c1-26-14-13-22-20-21-12-11-18(24-20)19(25)23-15-7-9-17(10-8-15)27-16-5-3-2-4-6-16/h2-12H,13-14H2,1H3,(H,23,25)(H,21,22,24). The molecule has 1 heterocycles. The lowest BCUT2D eigenvalue weighted by molar-refractivity contribution is 0.102. The number of para-hydroxylation sites is 1. The number of anilines is 2. The van der Waals surface area contributed by atoms with Crippen LogP contribution in [0.3, 0.4) is 0 Å². The smallest absolute Gasteiger partial charge is 0.274 e. The van der Waals surface area contributed by atoms with Gasteiger partial charge in [-0.25, -0.2) is 9.97 Å². The third-order valence-corrected chi connectivity index (χ3v) is 3.57. The Labute approximate surface area is 157 Å². The summed E-state index contributed by atoms with van der Waals surface area (Å²) < 4.78 is 10.7. The van der Waals surface area contributed by atoms with Crippen LogP contribution >= 0.6 is 0 Å². The van der Waals surface area contributed by atoms with Crippen LogP contribution in [0.5, 0.6) is 11.5 Å². The summed E-state index contributed by atoms with van der Waals surface area (Å²) in [6, 6.07) is 18.2. The summed E-state index contributed by atoms with van der Waals surface area (Å²) in [4.78, 5) is 20.7. The zero-order chi connectivity index (χ0) is 18.9. The van der Waals surface area contributed by atoms with Crippen molar-refractivity contribution in [2.75, 3.05) is 30.9 Å². The van der Waals surface area contributed by atoms with Crippen LogP contribution in [0.2, 0.25) is 0 Å². The number of aromatic nitrogens is 2. The molecule has 3 aromatic rings. The molecule has 2 N–H and O–H groups in total. The normalized spacial score (nSPS) is 10.3. The summed E-state index contributed by atoms with van der Waals surface area (Å²) in [5.41, 5.74) is 0.919. The maximum absolute atomic E-state index is 12.4. The van der Waals surface area contributed by atoms with Crippen LogP contribution in [0.4, 0.5) is 11.6 Å². The molecule has 0 spiro atoms. The van der Waals surface area contributed by atoms with Gasteiger partial charge in [0.2, 0.25) is 5.95 Å². The second kappa shape index (κ2) is 9.30. The molecule has 0 aliphatic heterocycles. The van der Waals surface area contributed by atoms with Crippen LogP contribution in [0.1, 0.15) is 10.5 Å². The van der Waals surface area contributed by atoms with Crippen molar-refractivity contribution < 1.29 is 14.3 Å². The quantitative estimate of drug-likeness (QED) is 0.594. The SMILES string of the molecule is COCCNc1nccc(C(=O)Nc2ccc(Oc3ccccc3)cc2)n1. The summed E-state index contributed by atoms with van der Waals surface area (Å²) in [6.45, 7) is 1.08. The molecule has 0 radical (unpaired) electrons. The molecule has 0 aliphatic rings. The number of nitrogens with one attached hydrogen (secondary N) is 2. The first-order valence-electron chi connectivity index (χ1n) is 8.45. The van der Waals surface area contributed by atoms with E-state index in [1.54, 1.807) is 37.4 Å². The van der Waals surface area contributed by atoms with Gasteiger partial charge in [0.15, 0.2) is 0 Å². The van der Waals surface area contributed by atoms with Crippen molar-refractivity contribution in [3.05, 3.63) is 72.6 Å². The number of ether oxygens (including phenoxy) is 2. The first-order chi connectivity index (χ1) is 13.2. The van der Waals surface area contributed by atoms with E-state index in [1.807, 2.05) is 30.3 Å². The number of carbonyl (C=O) groups excluding carboxylic acids is 1. The molecule has 0 saturated carbocycles. The Kier molecular flexibility index (Phi) is 6.32. The summed E-state index contributed by atoms with van der Waals surface area (Å²) in [5, 5.41) is 5.80. The average Bonchev–Trinajstić information content (AvgIpc) is 2.71. The first-order valence-corrected chi connectivity index (χ1v) is 8.45. The van der Waals surface area contributed by atoms with Crippen molar-refractivity contribution in [1.82, 2.24) is 9.97 Å². The summed E-state index contributed by atoms with van der Waals surface area (Å²) >= 11 is 0. The molecule has 0 saturated heterocycles. The number of nitrogens with zero attached hydrogens (tertiary/aromatic N) is 2. The lowest BCUT2D eigenvalue weighted by Gasteiger charge is -2.09. The highest BCUT2D eigenvalue weighted by molar-refractivity contribution is 6.02. The Morgan fingerprint density at radius 1 is 1.00 bits per heavy atom. The number of benzene rings is 2. The third-order valence-electron chi connectivity index (χ3n) is 3.57. The Hall–Kier alpha value is -3.45. The largest absolute Gasteiger partial charge is 0.457 e. The molecule has 0 aliphatic carbocycles. The number of carbonyl (C=O) groups is 1. The molecule has 1 amide bonds.